The van der Waals surface area contributed by atoms with E-state index in [0.29, 0.717) is 0 Å². The summed E-state index contributed by atoms with van der Waals surface area (Å²) in [5, 5.41) is 1.19. The molecule has 0 spiro atoms. The van der Waals surface area contributed by atoms with Gasteiger partial charge in [0.1, 0.15) is 0 Å². The fourth-order valence-corrected chi connectivity index (χ4v) is 2.39. The van der Waals surface area contributed by atoms with E-state index in [1.54, 1.807) is 0 Å². The molecule has 0 heterocycles. The second-order valence-electron chi connectivity index (χ2n) is 3.99. The smallest absolute Gasteiger partial charge is 0.0925 e. The summed E-state index contributed by atoms with van der Waals surface area (Å²) in [5.41, 5.74) is 0. The lowest BCUT2D eigenvalue weighted by molar-refractivity contribution is 0.480. The fraction of sp³-hybridized carbons (Fsp3) is 1.00. The Kier molecular flexibility index (Phi) is 17.9. The second-order valence-corrected chi connectivity index (χ2v) is 4.63. The molecule has 14 heavy (non-hydrogen) atoms. The number of rotatable bonds is 9. The van der Waals surface area contributed by atoms with E-state index in [9.17, 15) is 0 Å². The molecule has 2 heteroatoms. The molecular weight excluding hydrogens is 248 g/mol. The van der Waals surface area contributed by atoms with Gasteiger partial charge in [-0.05, 0) is 12.3 Å². The van der Waals surface area contributed by atoms with Crippen molar-refractivity contribution in [2.45, 2.75) is 65.2 Å². The molecule has 0 amide bonds. The van der Waals surface area contributed by atoms with E-state index in [2.05, 4.69) is 29.8 Å². The highest BCUT2D eigenvalue weighted by atomic mass is 79.9. The van der Waals surface area contributed by atoms with E-state index in [0.717, 1.165) is 5.92 Å². The molecule has 84 valence electrons. The molecule has 0 aromatic rings. The van der Waals surface area contributed by atoms with Crippen molar-refractivity contribution in [1.29, 1.82) is 0 Å². The van der Waals surface area contributed by atoms with Crippen LogP contribution in [0.2, 0.25) is 0 Å². The van der Waals surface area contributed by atoms with E-state index in [-0.39, 0.29) is 23.1 Å². The van der Waals surface area contributed by atoms with Crippen molar-refractivity contribution >= 4 is 39.0 Å². The van der Waals surface area contributed by atoms with E-state index in [4.69, 9.17) is 0 Å². The minimum Gasteiger partial charge on any atom is -0.0925 e. The Morgan fingerprint density at radius 1 is 0.929 bits per heavy atom. The van der Waals surface area contributed by atoms with Crippen LogP contribution in [0.25, 0.3) is 0 Å². The Hall–Kier alpha value is 1.25. The van der Waals surface area contributed by atoms with Gasteiger partial charge < -0.3 is 0 Å². The van der Waals surface area contributed by atoms with Crippen LogP contribution in [0, 0.1) is 5.92 Å². The summed E-state index contributed by atoms with van der Waals surface area (Å²) in [6, 6.07) is 0. The monoisotopic (exact) mass is 274 g/mol. The first kappa shape index (κ1) is 17.6. The van der Waals surface area contributed by atoms with E-state index in [1.807, 2.05) is 0 Å². The van der Waals surface area contributed by atoms with Crippen LogP contribution in [-0.4, -0.2) is 28.4 Å². The Labute approximate surface area is 115 Å². The van der Waals surface area contributed by atoms with Crippen molar-refractivity contribution in [3.63, 3.8) is 0 Å². The third-order valence-corrected chi connectivity index (χ3v) is 3.68. The van der Waals surface area contributed by atoms with Crippen molar-refractivity contribution in [3.8, 4) is 0 Å². The molecule has 0 aromatic heterocycles. The molecule has 0 saturated heterocycles. The zero-order valence-corrected chi connectivity index (χ0v) is 10.9. The number of halogens is 1. The fourth-order valence-electron chi connectivity index (χ4n) is 1.60. The van der Waals surface area contributed by atoms with E-state index >= 15 is 0 Å². The molecule has 0 rings (SSSR count). The number of hydrogen-bond donors (Lipinski definition) is 0. The van der Waals surface area contributed by atoms with Gasteiger partial charge in [0.05, 0.1) is 0 Å². The molecule has 1 unspecified atom stereocenters. The highest BCUT2D eigenvalue weighted by Gasteiger charge is 2.02. The Morgan fingerprint density at radius 3 is 2.00 bits per heavy atom. The van der Waals surface area contributed by atoms with Crippen LogP contribution in [0.1, 0.15) is 65.2 Å². The van der Waals surface area contributed by atoms with Crippen LogP contribution in [0.5, 0.6) is 0 Å². The SMILES string of the molecule is CCCCCCCCC(CC)CBr.[MgH2]. The zero-order chi connectivity index (χ0) is 9.94. The van der Waals surface area contributed by atoms with Gasteiger partial charge in [0.15, 0.2) is 0 Å². The molecule has 0 aliphatic heterocycles. The summed E-state index contributed by atoms with van der Waals surface area (Å²) in [5.74, 6) is 0.922. The zero-order valence-electron chi connectivity index (χ0n) is 9.32. The Bertz CT molecular complexity index is 92.3. The predicted molar refractivity (Wildman–Crippen MR) is 74.1 cm³/mol. The van der Waals surface area contributed by atoms with E-state index < -0.39 is 0 Å². The minimum absolute atomic E-state index is 0. The quantitative estimate of drug-likeness (QED) is 0.335. The Morgan fingerprint density at radius 2 is 1.50 bits per heavy atom. The molecule has 1 atom stereocenters. The molecule has 0 aliphatic rings. The average molecular weight is 276 g/mol. The summed E-state index contributed by atoms with van der Waals surface area (Å²) in [7, 11) is 0. The first-order valence-electron chi connectivity index (χ1n) is 5.91. The predicted octanol–water partition coefficient (Wildman–Crippen LogP) is 4.24. The van der Waals surface area contributed by atoms with Gasteiger partial charge in [0.2, 0.25) is 0 Å². The summed E-state index contributed by atoms with van der Waals surface area (Å²) < 4.78 is 0. The largest absolute Gasteiger partial charge is 0.316 e. The normalized spacial score (nSPS) is 12.2. The van der Waals surface area contributed by atoms with Gasteiger partial charge in [0, 0.05) is 5.33 Å². The van der Waals surface area contributed by atoms with Gasteiger partial charge >= 0.3 is 23.1 Å². The second kappa shape index (κ2) is 14.2. The molecule has 0 nitrogen and oxygen atoms in total. The highest BCUT2D eigenvalue weighted by molar-refractivity contribution is 9.09. The van der Waals surface area contributed by atoms with Crippen molar-refractivity contribution in [1.82, 2.24) is 0 Å². The molecule has 0 saturated carbocycles. The summed E-state index contributed by atoms with van der Waals surface area (Å²) in [6.45, 7) is 4.57. The van der Waals surface area contributed by atoms with Crippen molar-refractivity contribution in [3.05, 3.63) is 0 Å². The van der Waals surface area contributed by atoms with Crippen molar-refractivity contribution < 1.29 is 0 Å². The highest BCUT2D eigenvalue weighted by Crippen LogP contribution is 2.16. The lowest BCUT2D eigenvalue weighted by Crippen LogP contribution is -1.99. The summed E-state index contributed by atoms with van der Waals surface area (Å²) in [4.78, 5) is 0. The first-order chi connectivity index (χ1) is 6.35. The van der Waals surface area contributed by atoms with Crippen molar-refractivity contribution in [2.75, 3.05) is 5.33 Å². The standard InChI is InChI=1S/C12H25Br.Mg.2H/c1-3-5-6-7-8-9-10-12(4-2)11-13;;;/h12H,3-11H2,1-2H3;;;. The van der Waals surface area contributed by atoms with Gasteiger partial charge in [-0.3, -0.25) is 0 Å². The molecule has 0 aliphatic carbocycles. The number of hydrogen-bond acceptors (Lipinski definition) is 0. The molecule has 0 radical (unpaired) electrons. The molecule has 0 fully saturated rings. The first-order valence-corrected chi connectivity index (χ1v) is 7.03. The maximum Gasteiger partial charge on any atom is 0.316 e. The molecular formula is C12H27BrMg. The van der Waals surface area contributed by atoms with Crippen molar-refractivity contribution in [2.24, 2.45) is 5.92 Å². The minimum atomic E-state index is 0. The Balaban J connectivity index is 0. The molecule has 0 aromatic carbocycles. The van der Waals surface area contributed by atoms with Crippen LogP contribution in [0.15, 0.2) is 0 Å². The lowest BCUT2D eigenvalue weighted by Gasteiger charge is -2.10. The van der Waals surface area contributed by atoms with Crippen LogP contribution >= 0.6 is 15.9 Å². The topological polar surface area (TPSA) is 0 Å². The third kappa shape index (κ3) is 11.3. The van der Waals surface area contributed by atoms with Crippen LogP contribution in [-0.2, 0) is 0 Å². The number of alkyl halides is 1. The van der Waals surface area contributed by atoms with Gasteiger partial charge in [-0.15, -0.1) is 0 Å². The van der Waals surface area contributed by atoms with Crippen LogP contribution < -0.4 is 0 Å². The van der Waals surface area contributed by atoms with E-state index in [1.165, 1.54) is 56.7 Å². The molecule has 0 bridgehead atoms. The van der Waals surface area contributed by atoms with Gasteiger partial charge in [0.25, 0.3) is 0 Å². The maximum absolute atomic E-state index is 3.57. The van der Waals surface area contributed by atoms with Gasteiger partial charge in [-0.2, -0.15) is 0 Å². The summed E-state index contributed by atoms with van der Waals surface area (Å²) in [6.07, 6.45) is 11.3. The summed E-state index contributed by atoms with van der Waals surface area (Å²) >= 11 is 3.57. The number of unbranched alkanes of at least 4 members (excludes halogenated alkanes) is 5. The third-order valence-electron chi connectivity index (χ3n) is 2.76. The average Bonchev–Trinajstić information content (AvgIpc) is 2.17. The maximum atomic E-state index is 3.57. The van der Waals surface area contributed by atoms with Gasteiger partial charge in [-0.1, -0.05) is 74.7 Å². The molecule has 0 N–H and O–H groups in total. The lowest BCUT2D eigenvalue weighted by atomic mass is 10.00. The van der Waals surface area contributed by atoms with Crippen LogP contribution in [0.4, 0.5) is 0 Å². The van der Waals surface area contributed by atoms with Crippen LogP contribution in [0.3, 0.4) is 0 Å². The van der Waals surface area contributed by atoms with Gasteiger partial charge in [-0.25, -0.2) is 0 Å².